The Morgan fingerprint density at radius 1 is 1.04 bits per heavy atom. The van der Waals surface area contributed by atoms with Crippen molar-refractivity contribution in [2.24, 2.45) is 11.7 Å². The average Bonchev–Trinajstić information content (AvgIpc) is 2.64. The van der Waals surface area contributed by atoms with Crippen molar-refractivity contribution >= 4 is 0 Å². The van der Waals surface area contributed by atoms with E-state index >= 15 is 0 Å². The molecule has 3 nitrogen and oxygen atoms in total. The highest BCUT2D eigenvalue weighted by Crippen LogP contribution is 2.34. The van der Waals surface area contributed by atoms with Crippen molar-refractivity contribution in [1.82, 2.24) is 4.90 Å². The third kappa shape index (κ3) is 4.16. The van der Waals surface area contributed by atoms with Crippen LogP contribution in [0.25, 0.3) is 0 Å². The van der Waals surface area contributed by atoms with E-state index in [-0.39, 0.29) is 0 Å². The van der Waals surface area contributed by atoms with Crippen LogP contribution in [0.5, 0.6) is 11.5 Å². The molecular formula is C21H28N2O. The molecule has 3 heteroatoms. The third-order valence-corrected chi connectivity index (χ3v) is 5.17. The molecule has 1 saturated heterocycles. The second-order valence-corrected chi connectivity index (χ2v) is 6.60. The summed E-state index contributed by atoms with van der Waals surface area (Å²) < 4.78 is 5.99. The first-order valence-electron chi connectivity index (χ1n) is 9.05. The van der Waals surface area contributed by atoms with Crippen LogP contribution >= 0.6 is 0 Å². The Balaban J connectivity index is 1.71. The Hall–Kier alpha value is -1.84. The van der Waals surface area contributed by atoms with Gasteiger partial charge in [-0.3, -0.25) is 0 Å². The molecule has 128 valence electrons. The summed E-state index contributed by atoms with van der Waals surface area (Å²) >= 11 is 0. The van der Waals surface area contributed by atoms with Gasteiger partial charge in [0.25, 0.3) is 0 Å². The highest BCUT2D eigenvalue weighted by Gasteiger charge is 2.26. The Kier molecular flexibility index (Phi) is 5.89. The topological polar surface area (TPSA) is 38.5 Å². The van der Waals surface area contributed by atoms with Crippen molar-refractivity contribution in [2.45, 2.75) is 25.7 Å². The van der Waals surface area contributed by atoms with Gasteiger partial charge in [0.05, 0.1) is 0 Å². The zero-order valence-corrected chi connectivity index (χ0v) is 14.5. The van der Waals surface area contributed by atoms with E-state index in [0.29, 0.717) is 18.4 Å². The lowest BCUT2D eigenvalue weighted by Gasteiger charge is -2.35. The number of piperidine rings is 1. The number of nitrogens with two attached hydrogens (primary N) is 1. The minimum absolute atomic E-state index is 0.420. The van der Waals surface area contributed by atoms with Crippen LogP contribution < -0.4 is 10.5 Å². The lowest BCUT2D eigenvalue weighted by Crippen LogP contribution is -2.36. The van der Waals surface area contributed by atoms with Crippen molar-refractivity contribution in [3.05, 3.63) is 60.2 Å². The van der Waals surface area contributed by atoms with Gasteiger partial charge in [0.15, 0.2) is 0 Å². The fraction of sp³-hybridized carbons (Fsp3) is 0.429. The van der Waals surface area contributed by atoms with Gasteiger partial charge in [0, 0.05) is 0 Å². The fourth-order valence-corrected chi connectivity index (χ4v) is 3.71. The van der Waals surface area contributed by atoms with Gasteiger partial charge < -0.3 is 15.4 Å². The van der Waals surface area contributed by atoms with Crippen LogP contribution in [0.15, 0.2) is 54.6 Å². The average molecular weight is 324 g/mol. The monoisotopic (exact) mass is 324 g/mol. The van der Waals surface area contributed by atoms with Gasteiger partial charge in [-0.05, 0) is 80.7 Å². The molecule has 2 aromatic rings. The summed E-state index contributed by atoms with van der Waals surface area (Å²) in [6, 6.07) is 18.4. The summed E-state index contributed by atoms with van der Waals surface area (Å²) in [4.78, 5) is 2.53. The maximum absolute atomic E-state index is 6.15. The molecule has 0 spiro atoms. The molecule has 0 aromatic heterocycles. The zero-order chi connectivity index (χ0) is 16.8. The van der Waals surface area contributed by atoms with Gasteiger partial charge in [-0.1, -0.05) is 37.3 Å². The Labute approximate surface area is 145 Å². The van der Waals surface area contributed by atoms with Gasteiger partial charge in [-0.15, -0.1) is 0 Å². The minimum atomic E-state index is 0.420. The molecule has 2 aromatic carbocycles. The van der Waals surface area contributed by atoms with E-state index in [1.807, 2.05) is 36.4 Å². The van der Waals surface area contributed by atoms with Gasteiger partial charge in [0.2, 0.25) is 0 Å². The zero-order valence-electron chi connectivity index (χ0n) is 14.5. The summed E-state index contributed by atoms with van der Waals surface area (Å²) in [6.07, 6.45) is 2.47. The van der Waals surface area contributed by atoms with Gasteiger partial charge in [0.1, 0.15) is 11.5 Å². The van der Waals surface area contributed by atoms with Crippen molar-refractivity contribution < 1.29 is 4.74 Å². The molecule has 0 amide bonds. The first-order valence-corrected chi connectivity index (χ1v) is 9.05. The molecule has 1 aliphatic heterocycles. The highest BCUT2D eigenvalue weighted by molar-refractivity contribution is 5.35. The number of hydrogen-bond donors (Lipinski definition) is 1. The molecule has 1 aliphatic rings. The second-order valence-electron chi connectivity index (χ2n) is 6.60. The van der Waals surface area contributed by atoms with Crippen LogP contribution in [0, 0.1) is 5.92 Å². The predicted octanol–water partition coefficient (Wildman–Crippen LogP) is 4.25. The smallest absolute Gasteiger partial charge is 0.127 e. The lowest BCUT2D eigenvalue weighted by molar-refractivity contribution is 0.176. The van der Waals surface area contributed by atoms with Crippen LogP contribution in [-0.4, -0.2) is 31.1 Å². The molecule has 0 bridgehead atoms. The summed E-state index contributed by atoms with van der Waals surface area (Å²) in [7, 11) is 0. The van der Waals surface area contributed by atoms with Crippen LogP contribution in [0.4, 0.5) is 0 Å². The molecule has 3 rings (SSSR count). The molecule has 0 aliphatic carbocycles. The molecule has 1 fully saturated rings. The van der Waals surface area contributed by atoms with Crippen molar-refractivity contribution in [3.8, 4) is 11.5 Å². The maximum Gasteiger partial charge on any atom is 0.127 e. The summed E-state index contributed by atoms with van der Waals surface area (Å²) in [5.41, 5.74) is 7.46. The molecule has 1 heterocycles. The van der Waals surface area contributed by atoms with E-state index in [0.717, 1.165) is 18.0 Å². The van der Waals surface area contributed by atoms with Crippen molar-refractivity contribution in [1.29, 1.82) is 0 Å². The van der Waals surface area contributed by atoms with Gasteiger partial charge in [-0.25, -0.2) is 0 Å². The van der Waals surface area contributed by atoms with E-state index in [9.17, 15) is 0 Å². The largest absolute Gasteiger partial charge is 0.457 e. The van der Waals surface area contributed by atoms with Gasteiger partial charge >= 0.3 is 0 Å². The summed E-state index contributed by atoms with van der Waals surface area (Å²) in [5.74, 6) is 2.85. The Morgan fingerprint density at radius 3 is 2.42 bits per heavy atom. The molecule has 0 radical (unpaired) electrons. The quantitative estimate of drug-likeness (QED) is 0.863. The van der Waals surface area contributed by atoms with Crippen LogP contribution in [0.1, 0.15) is 31.2 Å². The number of nitrogens with zero attached hydrogens (tertiary/aromatic N) is 1. The van der Waals surface area contributed by atoms with Crippen LogP contribution in [0.3, 0.4) is 0 Å². The van der Waals surface area contributed by atoms with Crippen molar-refractivity contribution in [2.75, 3.05) is 26.2 Å². The number of para-hydroxylation sites is 1. The number of rotatable bonds is 6. The van der Waals surface area contributed by atoms with E-state index in [4.69, 9.17) is 10.5 Å². The predicted molar refractivity (Wildman–Crippen MR) is 99.6 cm³/mol. The molecule has 1 atom stereocenters. The molecule has 2 N–H and O–H groups in total. The lowest BCUT2D eigenvalue weighted by atomic mass is 9.80. The number of likely N-dealkylation sites (tertiary alicyclic amines) is 1. The Morgan fingerprint density at radius 2 is 1.75 bits per heavy atom. The second kappa shape index (κ2) is 8.32. The molecular weight excluding hydrogens is 296 g/mol. The van der Waals surface area contributed by atoms with E-state index in [1.54, 1.807) is 0 Å². The maximum atomic E-state index is 6.15. The normalized spacial score (nSPS) is 17.6. The van der Waals surface area contributed by atoms with E-state index in [1.165, 1.54) is 31.5 Å². The molecule has 24 heavy (non-hydrogen) atoms. The third-order valence-electron chi connectivity index (χ3n) is 5.17. The minimum Gasteiger partial charge on any atom is -0.457 e. The molecule has 1 unspecified atom stereocenters. The number of ether oxygens (including phenoxy) is 1. The highest BCUT2D eigenvalue weighted by atomic mass is 16.5. The first-order chi connectivity index (χ1) is 11.8. The summed E-state index contributed by atoms with van der Waals surface area (Å²) in [5, 5.41) is 0. The van der Waals surface area contributed by atoms with Crippen LogP contribution in [-0.2, 0) is 0 Å². The van der Waals surface area contributed by atoms with Crippen LogP contribution in [0.2, 0.25) is 0 Å². The van der Waals surface area contributed by atoms with Crippen molar-refractivity contribution in [3.63, 3.8) is 0 Å². The van der Waals surface area contributed by atoms with E-state index < -0.39 is 0 Å². The first kappa shape index (κ1) is 17.0. The van der Waals surface area contributed by atoms with E-state index in [2.05, 4.69) is 30.0 Å². The SMILES string of the molecule is CCN1CCC(C(CN)c2cccc(Oc3ccccc3)c2)CC1. The standard InChI is InChI=1S/C21H28N2O/c1-2-23-13-11-17(12-14-23)21(16-22)18-7-6-10-20(15-18)24-19-8-4-3-5-9-19/h3-10,15,17,21H,2,11-14,16,22H2,1H3. The van der Waals surface area contributed by atoms with Gasteiger partial charge in [-0.2, -0.15) is 0 Å². The fourth-order valence-electron chi connectivity index (χ4n) is 3.71. The summed E-state index contributed by atoms with van der Waals surface area (Å²) in [6.45, 7) is 6.48. The Bertz CT molecular complexity index is 621. The number of benzene rings is 2. The molecule has 0 saturated carbocycles. The number of hydrogen-bond acceptors (Lipinski definition) is 3.